The van der Waals surface area contributed by atoms with Crippen LogP contribution in [0.4, 0.5) is 0 Å². The zero-order valence-electron chi connectivity index (χ0n) is 11.3. The van der Waals surface area contributed by atoms with Crippen molar-refractivity contribution in [3.63, 3.8) is 0 Å². The van der Waals surface area contributed by atoms with Crippen molar-refractivity contribution in [1.29, 1.82) is 0 Å². The predicted molar refractivity (Wildman–Crippen MR) is 78.1 cm³/mol. The van der Waals surface area contributed by atoms with Gasteiger partial charge in [-0.2, -0.15) is 0 Å². The minimum Gasteiger partial charge on any atom is -0.497 e. The van der Waals surface area contributed by atoms with Crippen LogP contribution < -0.4 is 10.1 Å². The molecule has 20 heavy (non-hydrogen) atoms. The number of hydrogen-bond acceptors (Lipinski definition) is 3. The Kier molecular flexibility index (Phi) is 4.19. The predicted octanol–water partition coefficient (Wildman–Crippen LogP) is 2.43. The smallest absolute Gasteiger partial charge is 0.229 e. The van der Waals surface area contributed by atoms with Gasteiger partial charge in [-0.3, -0.25) is 4.79 Å². The first kappa shape index (κ1) is 15.4. The van der Waals surface area contributed by atoms with E-state index in [1.54, 1.807) is 38.3 Å². The van der Waals surface area contributed by atoms with Crippen molar-refractivity contribution >= 4 is 29.1 Å². The molecule has 1 aliphatic rings. The van der Waals surface area contributed by atoms with Gasteiger partial charge in [0, 0.05) is 6.54 Å². The van der Waals surface area contributed by atoms with Crippen LogP contribution in [0, 0.1) is 5.41 Å². The quantitative estimate of drug-likeness (QED) is 0.820. The van der Waals surface area contributed by atoms with Crippen molar-refractivity contribution in [3.05, 3.63) is 29.8 Å². The number of rotatable bonds is 5. The van der Waals surface area contributed by atoms with Crippen molar-refractivity contribution in [2.24, 2.45) is 5.41 Å². The zero-order chi connectivity index (χ0) is 15.0. The van der Waals surface area contributed by atoms with E-state index in [2.05, 4.69) is 5.32 Å². The maximum atomic E-state index is 12.0. The molecule has 0 heterocycles. The number of benzene rings is 1. The van der Waals surface area contributed by atoms with Gasteiger partial charge in [0.15, 0.2) is 0 Å². The number of hydrogen-bond donors (Lipinski definition) is 2. The number of ether oxygens (including phenoxy) is 1. The SMILES string of the molecule is COc1cccc([C@@H](O)CNC(=O)[C@]2(C)CC2(Cl)Cl)c1. The maximum Gasteiger partial charge on any atom is 0.229 e. The number of nitrogens with one attached hydrogen (secondary N) is 1. The van der Waals surface area contributed by atoms with E-state index in [0.29, 0.717) is 17.7 Å². The van der Waals surface area contributed by atoms with Crippen LogP contribution in [-0.2, 0) is 4.79 Å². The fourth-order valence-corrected chi connectivity index (χ4v) is 2.70. The van der Waals surface area contributed by atoms with Gasteiger partial charge in [-0.25, -0.2) is 0 Å². The van der Waals surface area contributed by atoms with E-state index >= 15 is 0 Å². The lowest BCUT2D eigenvalue weighted by atomic mass is 10.1. The highest BCUT2D eigenvalue weighted by atomic mass is 35.5. The Balaban J connectivity index is 1.92. The molecule has 2 atom stereocenters. The fourth-order valence-electron chi connectivity index (χ4n) is 2.00. The summed E-state index contributed by atoms with van der Waals surface area (Å²) < 4.78 is 4.09. The molecule has 0 radical (unpaired) electrons. The molecule has 1 aromatic rings. The highest BCUT2D eigenvalue weighted by Gasteiger charge is 2.67. The Bertz CT molecular complexity index is 521. The minimum absolute atomic E-state index is 0.103. The van der Waals surface area contributed by atoms with Crippen LogP contribution in [0.2, 0.25) is 0 Å². The Hall–Kier alpha value is -0.970. The van der Waals surface area contributed by atoms with Gasteiger partial charge in [-0.1, -0.05) is 12.1 Å². The molecule has 2 rings (SSSR count). The third-order valence-corrected chi connectivity index (χ3v) is 4.79. The largest absolute Gasteiger partial charge is 0.497 e. The molecule has 1 aliphatic carbocycles. The molecule has 0 saturated heterocycles. The average Bonchev–Trinajstić information content (AvgIpc) is 2.96. The van der Waals surface area contributed by atoms with Crippen molar-refractivity contribution < 1.29 is 14.6 Å². The van der Waals surface area contributed by atoms with Gasteiger partial charge < -0.3 is 15.2 Å². The highest BCUT2D eigenvalue weighted by molar-refractivity contribution is 6.53. The van der Waals surface area contributed by atoms with Gasteiger partial charge in [-0.15, -0.1) is 23.2 Å². The Morgan fingerprint density at radius 2 is 2.20 bits per heavy atom. The summed E-state index contributed by atoms with van der Waals surface area (Å²) >= 11 is 11.9. The number of methoxy groups -OCH3 is 1. The molecule has 2 N–H and O–H groups in total. The summed E-state index contributed by atoms with van der Waals surface area (Å²) in [4.78, 5) is 12.0. The van der Waals surface area contributed by atoms with E-state index in [9.17, 15) is 9.90 Å². The lowest BCUT2D eigenvalue weighted by molar-refractivity contribution is -0.126. The van der Waals surface area contributed by atoms with Crippen LogP contribution in [0.5, 0.6) is 5.75 Å². The second kappa shape index (κ2) is 5.43. The first-order valence-electron chi connectivity index (χ1n) is 6.28. The van der Waals surface area contributed by atoms with E-state index in [1.807, 2.05) is 0 Å². The molecule has 1 aromatic carbocycles. The van der Waals surface area contributed by atoms with Crippen LogP contribution in [0.3, 0.4) is 0 Å². The third kappa shape index (κ3) is 2.87. The standard InChI is InChI=1S/C14H17Cl2NO3/c1-13(8-14(13,15)16)12(19)17-7-11(18)9-4-3-5-10(6-9)20-2/h3-6,11,18H,7-8H2,1-2H3,(H,17,19)/t11-,13-/m0/s1. The van der Waals surface area contributed by atoms with E-state index in [4.69, 9.17) is 27.9 Å². The topological polar surface area (TPSA) is 58.6 Å². The minimum atomic E-state index is -1.00. The number of alkyl halides is 2. The van der Waals surface area contributed by atoms with E-state index in [0.717, 1.165) is 0 Å². The summed E-state index contributed by atoms with van der Waals surface area (Å²) in [5, 5.41) is 12.7. The summed E-state index contributed by atoms with van der Waals surface area (Å²) in [6, 6.07) is 7.06. The summed E-state index contributed by atoms with van der Waals surface area (Å²) in [5.41, 5.74) is -0.0990. The second-order valence-corrected chi connectivity index (χ2v) is 6.70. The Morgan fingerprint density at radius 1 is 1.55 bits per heavy atom. The van der Waals surface area contributed by atoms with Gasteiger partial charge in [0.05, 0.1) is 18.6 Å². The van der Waals surface area contributed by atoms with Gasteiger partial charge in [-0.05, 0) is 31.0 Å². The van der Waals surface area contributed by atoms with Crippen LogP contribution in [0.15, 0.2) is 24.3 Å². The molecular formula is C14H17Cl2NO3. The van der Waals surface area contributed by atoms with Gasteiger partial charge in [0.25, 0.3) is 0 Å². The second-order valence-electron chi connectivity index (χ2n) is 5.22. The van der Waals surface area contributed by atoms with Gasteiger partial charge in [0.2, 0.25) is 5.91 Å². The molecule has 0 aliphatic heterocycles. The number of amides is 1. The third-order valence-electron chi connectivity index (χ3n) is 3.69. The molecule has 4 nitrogen and oxygen atoms in total. The first-order valence-corrected chi connectivity index (χ1v) is 7.04. The Labute approximate surface area is 128 Å². The van der Waals surface area contributed by atoms with Crippen LogP contribution in [-0.4, -0.2) is 29.0 Å². The van der Waals surface area contributed by atoms with Crippen molar-refractivity contribution in [1.82, 2.24) is 5.32 Å². The molecule has 1 saturated carbocycles. The number of aliphatic hydroxyl groups excluding tert-OH is 1. The molecular weight excluding hydrogens is 301 g/mol. The van der Waals surface area contributed by atoms with Crippen LogP contribution in [0.1, 0.15) is 25.0 Å². The Morgan fingerprint density at radius 3 is 2.75 bits per heavy atom. The summed E-state index contributed by atoms with van der Waals surface area (Å²) in [6.07, 6.45) is -0.388. The van der Waals surface area contributed by atoms with Crippen LogP contribution in [0.25, 0.3) is 0 Å². The summed E-state index contributed by atoms with van der Waals surface area (Å²) in [7, 11) is 1.56. The molecule has 0 aromatic heterocycles. The molecule has 0 spiro atoms. The van der Waals surface area contributed by atoms with Gasteiger partial charge in [0.1, 0.15) is 10.1 Å². The van der Waals surface area contributed by atoms with E-state index < -0.39 is 15.9 Å². The van der Waals surface area contributed by atoms with Crippen molar-refractivity contribution in [2.45, 2.75) is 23.8 Å². The summed E-state index contributed by atoms with van der Waals surface area (Å²) in [6.45, 7) is 1.81. The van der Waals surface area contributed by atoms with Gasteiger partial charge >= 0.3 is 0 Å². The molecule has 110 valence electrons. The fraction of sp³-hybridized carbons (Fsp3) is 0.500. The number of aliphatic hydroxyl groups is 1. The van der Waals surface area contributed by atoms with Crippen molar-refractivity contribution in [3.8, 4) is 5.75 Å². The van der Waals surface area contributed by atoms with E-state index in [-0.39, 0.29) is 12.5 Å². The molecule has 0 unspecified atom stereocenters. The first-order chi connectivity index (χ1) is 9.30. The summed E-state index contributed by atoms with van der Waals surface area (Å²) in [5.74, 6) is 0.409. The highest BCUT2D eigenvalue weighted by Crippen LogP contribution is 2.63. The number of carbonyl (C=O) groups excluding carboxylic acids is 1. The average molecular weight is 318 g/mol. The lowest BCUT2D eigenvalue weighted by Gasteiger charge is -2.16. The number of halogens is 2. The lowest BCUT2D eigenvalue weighted by Crippen LogP contribution is -2.36. The normalized spacial score (nSPS) is 24.9. The molecule has 1 amide bonds. The van der Waals surface area contributed by atoms with Crippen LogP contribution >= 0.6 is 23.2 Å². The molecule has 0 bridgehead atoms. The monoisotopic (exact) mass is 317 g/mol. The molecule has 1 fully saturated rings. The van der Waals surface area contributed by atoms with Crippen molar-refractivity contribution in [2.75, 3.05) is 13.7 Å². The molecule has 6 heteroatoms. The zero-order valence-corrected chi connectivity index (χ0v) is 12.8. The number of carbonyl (C=O) groups is 1. The van der Waals surface area contributed by atoms with E-state index in [1.165, 1.54) is 0 Å². The maximum absolute atomic E-state index is 12.0.